The SMILES string of the molecule is Cc1ccc(C(=O)Nc2cc(C)n(CC(F)(F)F)n2)cc1C#Cc1cccnc1. The maximum absolute atomic E-state index is 12.6. The van der Waals surface area contributed by atoms with Gasteiger partial charge in [-0.1, -0.05) is 17.9 Å². The summed E-state index contributed by atoms with van der Waals surface area (Å²) in [6, 6.07) is 10.0. The lowest BCUT2D eigenvalue weighted by Crippen LogP contribution is -2.20. The average molecular weight is 398 g/mol. The Labute approximate surface area is 165 Å². The number of rotatable bonds is 3. The second kappa shape index (κ2) is 8.19. The van der Waals surface area contributed by atoms with Crippen LogP contribution in [-0.4, -0.2) is 26.8 Å². The molecule has 0 radical (unpaired) electrons. The molecule has 5 nitrogen and oxygen atoms in total. The summed E-state index contributed by atoms with van der Waals surface area (Å²) in [4.78, 5) is 16.5. The zero-order valence-corrected chi connectivity index (χ0v) is 15.7. The largest absolute Gasteiger partial charge is 0.408 e. The highest BCUT2D eigenvalue weighted by Gasteiger charge is 2.29. The Kier molecular flexibility index (Phi) is 5.69. The van der Waals surface area contributed by atoms with Crippen LogP contribution in [0.15, 0.2) is 48.8 Å². The number of carbonyl (C=O) groups excluding carboxylic acids is 1. The summed E-state index contributed by atoms with van der Waals surface area (Å²) in [6.45, 7) is 2.15. The smallest absolute Gasteiger partial charge is 0.305 e. The quantitative estimate of drug-likeness (QED) is 0.676. The van der Waals surface area contributed by atoms with Gasteiger partial charge in [-0.05, 0) is 43.7 Å². The third kappa shape index (κ3) is 5.45. The van der Waals surface area contributed by atoms with Crippen LogP contribution in [-0.2, 0) is 6.54 Å². The van der Waals surface area contributed by atoms with Gasteiger partial charge in [0.2, 0.25) is 0 Å². The summed E-state index contributed by atoms with van der Waals surface area (Å²) >= 11 is 0. The van der Waals surface area contributed by atoms with Crippen molar-refractivity contribution < 1.29 is 18.0 Å². The van der Waals surface area contributed by atoms with E-state index in [0.717, 1.165) is 15.8 Å². The van der Waals surface area contributed by atoms with E-state index in [0.29, 0.717) is 16.8 Å². The number of halogens is 3. The Hall–Kier alpha value is -3.60. The van der Waals surface area contributed by atoms with Crippen LogP contribution in [0.3, 0.4) is 0 Å². The van der Waals surface area contributed by atoms with Crippen molar-refractivity contribution in [3.05, 3.63) is 76.7 Å². The summed E-state index contributed by atoms with van der Waals surface area (Å²) in [7, 11) is 0. The van der Waals surface area contributed by atoms with Crippen molar-refractivity contribution in [2.45, 2.75) is 26.6 Å². The van der Waals surface area contributed by atoms with Crippen LogP contribution in [0.2, 0.25) is 0 Å². The van der Waals surface area contributed by atoms with Gasteiger partial charge in [-0.15, -0.1) is 0 Å². The molecular weight excluding hydrogens is 381 g/mol. The van der Waals surface area contributed by atoms with E-state index < -0.39 is 18.6 Å². The molecule has 3 rings (SSSR count). The first kappa shape index (κ1) is 20.1. The molecule has 1 N–H and O–H groups in total. The number of alkyl halides is 3. The van der Waals surface area contributed by atoms with Crippen LogP contribution in [0.1, 0.15) is 32.7 Å². The molecule has 0 saturated heterocycles. The first-order valence-corrected chi connectivity index (χ1v) is 8.66. The van der Waals surface area contributed by atoms with Gasteiger partial charge in [0.15, 0.2) is 5.82 Å². The molecule has 0 aliphatic heterocycles. The van der Waals surface area contributed by atoms with Crippen LogP contribution in [0, 0.1) is 25.7 Å². The number of pyridine rings is 1. The molecular formula is C21H17F3N4O. The van der Waals surface area contributed by atoms with E-state index in [1.807, 2.05) is 13.0 Å². The number of amides is 1. The van der Waals surface area contributed by atoms with Crippen molar-refractivity contribution in [1.29, 1.82) is 0 Å². The van der Waals surface area contributed by atoms with Crippen molar-refractivity contribution >= 4 is 11.7 Å². The van der Waals surface area contributed by atoms with E-state index in [1.54, 1.807) is 36.7 Å². The highest BCUT2D eigenvalue weighted by atomic mass is 19.4. The van der Waals surface area contributed by atoms with Gasteiger partial charge >= 0.3 is 6.18 Å². The molecule has 0 spiro atoms. The third-order valence-electron chi connectivity index (χ3n) is 4.05. The topological polar surface area (TPSA) is 59.8 Å². The molecule has 0 fully saturated rings. The fraction of sp³-hybridized carbons (Fsp3) is 0.190. The monoisotopic (exact) mass is 398 g/mol. The fourth-order valence-electron chi connectivity index (χ4n) is 2.56. The molecule has 1 aromatic carbocycles. The maximum Gasteiger partial charge on any atom is 0.408 e. The molecule has 0 atom stereocenters. The number of nitrogens with zero attached hydrogens (tertiary/aromatic N) is 3. The Bertz CT molecular complexity index is 1090. The Morgan fingerprint density at radius 3 is 2.66 bits per heavy atom. The average Bonchev–Trinajstić information content (AvgIpc) is 2.99. The van der Waals surface area contributed by atoms with Gasteiger partial charge in [0.25, 0.3) is 5.91 Å². The van der Waals surface area contributed by atoms with Crippen LogP contribution >= 0.6 is 0 Å². The zero-order valence-electron chi connectivity index (χ0n) is 15.7. The Morgan fingerprint density at radius 1 is 1.17 bits per heavy atom. The van der Waals surface area contributed by atoms with Gasteiger partial charge in [-0.2, -0.15) is 18.3 Å². The normalized spacial score (nSPS) is 10.9. The number of nitrogens with one attached hydrogen (secondary N) is 1. The molecule has 0 aliphatic rings. The molecule has 8 heteroatoms. The first-order chi connectivity index (χ1) is 13.7. The maximum atomic E-state index is 12.6. The van der Waals surface area contributed by atoms with Gasteiger partial charge in [-0.3, -0.25) is 14.5 Å². The van der Waals surface area contributed by atoms with Crippen molar-refractivity contribution in [3.63, 3.8) is 0 Å². The van der Waals surface area contributed by atoms with E-state index >= 15 is 0 Å². The summed E-state index contributed by atoms with van der Waals surface area (Å²) in [5.41, 5.74) is 2.93. The predicted octanol–water partition coefficient (Wildman–Crippen LogP) is 4.11. The summed E-state index contributed by atoms with van der Waals surface area (Å²) in [5.74, 6) is 5.57. The first-order valence-electron chi connectivity index (χ1n) is 8.66. The van der Waals surface area contributed by atoms with Crippen molar-refractivity contribution in [2.75, 3.05) is 5.32 Å². The van der Waals surface area contributed by atoms with Crippen molar-refractivity contribution in [3.8, 4) is 11.8 Å². The number of benzene rings is 1. The zero-order chi connectivity index (χ0) is 21.0. The number of hydrogen-bond acceptors (Lipinski definition) is 3. The third-order valence-corrected chi connectivity index (χ3v) is 4.05. The fourth-order valence-corrected chi connectivity index (χ4v) is 2.56. The molecule has 0 saturated carbocycles. The van der Waals surface area contributed by atoms with Gasteiger partial charge in [0.1, 0.15) is 6.54 Å². The molecule has 1 amide bonds. The Balaban J connectivity index is 1.78. The molecule has 0 unspecified atom stereocenters. The standard InChI is InChI=1S/C21H17F3N4O/c1-14-5-7-18(11-17(14)8-6-16-4-3-9-25-12-16)20(29)26-19-10-15(2)28(27-19)13-21(22,23)24/h3-5,7,9-12H,13H2,1-2H3,(H,26,27,29). The number of carbonyl (C=O) groups is 1. The van der Waals surface area contributed by atoms with Gasteiger partial charge < -0.3 is 5.32 Å². The second-order valence-electron chi connectivity index (χ2n) is 6.42. The van der Waals surface area contributed by atoms with Crippen molar-refractivity contribution in [1.82, 2.24) is 14.8 Å². The van der Waals surface area contributed by atoms with E-state index in [-0.39, 0.29) is 5.82 Å². The van der Waals surface area contributed by atoms with E-state index in [2.05, 4.69) is 27.2 Å². The second-order valence-corrected chi connectivity index (χ2v) is 6.42. The summed E-state index contributed by atoms with van der Waals surface area (Å²) < 4.78 is 38.5. The lowest BCUT2D eigenvalue weighted by molar-refractivity contribution is -0.142. The molecule has 2 aromatic heterocycles. The van der Waals surface area contributed by atoms with Crippen LogP contribution in [0.25, 0.3) is 0 Å². The molecule has 0 bridgehead atoms. The summed E-state index contributed by atoms with van der Waals surface area (Å²) in [5, 5.41) is 6.34. The minimum atomic E-state index is -4.39. The molecule has 0 aliphatic carbocycles. The molecule has 148 valence electrons. The number of hydrogen-bond donors (Lipinski definition) is 1. The lowest BCUT2D eigenvalue weighted by Gasteiger charge is -2.07. The van der Waals surface area contributed by atoms with Crippen LogP contribution < -0.4 is 5.32 Å². The highest BCUT2D eigenvalue weighted by molar-refractivity contribution is 6.04. The number of aryl methyl sites for hydroxylation is 2. The lowest BCUT2D eigenvalue weighted by atomic mass is 10.0. The minimum absolute atomic E-state index is 0.0559. The van der Waals surface area contributed by atoms with Gasteiger partial charge in [-0.25, -0.2) is 0 Å². The molecule has 2 heterocycles. The molecule has 29 heavy (non-hydrogen) atoms. The van der Waals surface area contributed by atoms with Crippen molar-refractivity contribution in [2.24, 2.45) is 0 Å². The van der Waals surface area contributed by atoms with Gasteiger partial charge in [0, 0.05) is 40.8 Å². The van der Waals surface area contributed by atoms with Crippen LogP contribution in [0.4, 0.5) is 19.0 Å². The van der Waals surface area contributed by atoms with E-state index in [4.69, 9.17) is 0 Å². The van der Waals surface area contributed by atoms with Crippen LogP contribution in [0.5, 0.6) is 0 Å². The Morgan fingerprint density at radius 2 is 1.97 bits per heavy atom. The minimum Gasteiger partial charge on any atom is -0.305 e. The summed E-state index contributed by atoms with van der Waals surface area (Å²) in [6.07, 6.45) is -1.10. The highest BCUT2D eigenvalue weighted by Crippen LogP contribution is 2.20. The van der Waals surface area contributed by atoms with Gasteiger partial charge in [0.05, 0.1) is 0 Å². The predicted molar refractivity (Wildman–Crippen MR) is 102 cm³/mol. The number of anilines is 1. The number of aromatic nitrogens is 3. The molecule has 3 aromatic rings. The van der Waals surface area contributed by atoms with E-state index in [1.165, 1.54) is 13.0 Å². The van der Waals surface area contributed by atoms with E-state index in [9.17, 15) is 18.0 Å².